The maximum atomic E-state index is 13.2. The van der Waals surface area contributed by atoms with Crippen molar-refractivity contribution >= 4 is 31.6 Å². The molecule has 2 aromatic carbocycles. The van der Waals surface area contributed by atoms with Crippen LogP contribution >= 0.6 is 0 Å². The van der Waals surface area contributed by atoms with Crippen LogP contribution in [-0.2, 0) is 20.0 Å². The van der Waals surface area contributed by atoms with Crippen LogP contribution in [0.15, 0.2) is 52.3 Å². The van der Waals surface area contributed by atoms with Gasteiger partial charge in [-0.25, -0.2) is 16.8 Å². The van der Waals surface area contributed by atoms with Crippen molar-refractivity contribution in [2.24, 2.45) is 5.92 Å². The van der Waals surface area contributed by atoms with Gasteiger partial charge in [-0.15, -0.1) is 0 Å². The van der Waals surface area contributed by atoms with Gasteiger partial charge in [-0.05, 0) is 74.1 Å². The fourth-order valence-electron chi connectivity index (χ4n) is 4.74. The van der Waals surface area contributed by atoms with Crippen molar-refractivity contribution in [1.82, 2.24) is 8.61 Å². The Morgan fingerprint density at radius 3 is 1.95 bits per heavy atom. The van der Waals surface area contributed by atoms with E-state index in [1.165, 1.54) is 58.2 Å². The largest absolute Gasteiger partial charge is 0.496 e. The first kappa shape index (κ1) is 27.6. The standard InChI is InChI=1S/C26H35N3O6S2/c1-20-13-17-29(18-14-20)37(33,34)23-11-12-25(35-2)24(19-23)26(30)27-21-7-9-22(10-8-21)36(31,32)28-15-5-3-4-6-16-28/h7-12,19-20H,3-6,13-18H2,1-2H3,(H,27,30). The number of piperidine rings is 1. The first-order valence-corrected chi connectivity index (χ1v) is 15.6. The fraction of sp³-hybridized carbons (Fsp3) is 0.500. The minimum Gasteiger partial charge on any atom is -0.496 e. The highest BCUT2D eigenvalue weighted by molar-refractivity contribution is 7.89. The third-order valence-electron chi connectivity index (χ3n) is 7.11. The van der Waals surface area contributed by atoms with E-state index in [1.807, 2.05) is 0 Å². The molecule has 0 radical (unpaired) electrons. The molecular weight excluding hydrogens is 514 g/mol. The highest BCUT2D eigenvalue weighted by atomic mass is 32.2. The molecule has 2 fully saturated rings. The van der Waals surface area contributed by atoms with Crippen LogP contribution in [0.1, 0.15) is 55.8 Å². The van der Waals surface area contributed by atoms with Gasteiger partial charge in [0.25, 0.3) is 5.91 Å². The third kappa shape index (κ3) is 6.17. The summed E-state index contributed by atoms with van der Waals surface area (Å²) < 4.78 is 60.7. The zero-order valence-corrected chi connectivity index (χ0v) is 23.0. The van der Waals surface area contributed by atoms with Crippen molar-refractivity contribution < 1.29 is 26.4 Å². The molecule has 0 spiro atoms. The number of nitrogens with one attached hydrogen (secondary N) is 1. The second-order valence-corrected chi connectivity index (χ2v) is 13.6. The third-order valence-corrected chi connectivity index (χ3v) is 10.9. The second kappa shape index (κ2) is 11.5. The number of ether oxygens (including phenoxy) is 1. The predicted octanol–water partition coefficient (Wildman–Crippen LogP) is 3.93. The summed E-state index contributed by atoms with van der Waals surface area (Å²) in [5, 5.41) is 2.73. The Morgan fingerprint density at radius 2 is 1.35 bits per heavy atom. The molecule has 2 aliphatic rings. The topological polar surface area (TPSA) is 113 Å². The molecule has 0 aromatic heterocycles. The summed E-state index contributed by atoms with van der Waals surface area (Å²) in [6.07, 6.45) is 5.35. The van der Waals surface area contributed by atoms with E-state index in [4.69, 9.17) is 4.74 Å². The number of amides is 1. The molecule has 202 valence electrons. The van der Waals surface area contributed by atoms with Crippen molar-refractivity contribution in [1.29, 1.82) is 0 Å². The van der Waals surface area contributed by atoms with Gasteiger partial charge in [-0.3, -0.25) is 4.79 Å². The summed E-state index contributed by atoms with van der Waals surface area (Å²) in [5.74, 6) is 0.169. The quantitative estimate of drug-likeness (QED) is 0.560. The van der Waals surface area contributed by atoms with Crippen molar-refractivity contribution in [2.75, 3.05) is 38.6 Å². The number of anilines is 1. The SMILES string of the molecule is COc1ccc(S(=O)(=O)N2CCC(C)CC2)cc1C(=O)Nc1ccc(S(=O)(=O)N2CCCCCC2)cc1. The van der Waals surface area contributed by atoms with Crippen molar-refractivity contribution in [3.63, 3.8) is 0 Å². The molecule has 2 aliphatic heterocycles. The molecular formula is C26H35N3O6S2. The molecule has 0 bridgehead atoms. The van der Waals surface area contributed by atoms with Crippen LogP contribution in [-0.4, -0.2) is 64.6 Å². The number of rotatable bonds is 7. The Balaban J connectivity index is 1.52. The van der Waals surface area contributed by atoms with E-state index in [9.17, 15) is 21.6 Å². The molecule has 1 N–H and O–H groups in total. The molecule has 9 nitrogen and oxygen atoms in total. The molecule has 2 aromatic rings. The summed E-state index contributed by atoms with van der Waals surface area (Å²) >= 11 is 0. The van der Waals surface area contributed by atoms with Gasteiger partial charge in [0.15, 0.2) is 0 Å². The van der Waals surface area contributed by atoms with Crippen LogP contribution in [0, 0.1) is 5.92 Å². The number of hydrogen-bond donors (Lipinski definition) is 1. The van der Waals surface area contributed by atoms with E-state index >= 15 is 0 Å². The minimum atomic E-state index is -3.75. The molecule has 0 unspecified atom stereocenters. The molecule has 37 heavy (non-hydrogen) atoms. The Labute approximate surface area is 219 Å². The number of carbonyl (C=O) groups is 1. The Bertz CT molecular complexity index is 1310. The van der Waals surface area contributed by atoms with Gasteiger partial charge in [0, 0.05) is 31.9 Å². The maximum Gasteiger partial charge on any atom is 0.259 e. The number of nitrogens with zero attached hydrogens (tertiary/aromatic N) is 2. The molecule has 0 atom stereocenters. The molecule has 4 rings (SSSR count). The highest BCUT2D eigenvalue weighted by Crippen LogP contribution is 2.28. The van der Waals surface area contributed by atoms with E-state index in [-0.39, 0.29) is 21.1 Å². The van der Waals surface area contributed by atoms with Crippen LogP contribution in [0.3, 0.4) is 0 Å². The van der Waals surface area contributed by atoms with Gasteiger partial charge in [0.05, 0.1) is 22.5 Å². The molecule has 0 aliphatic carbocycles. The van der Waals surface area contributed by atoms with Gasteiger partial charge >= 0.3 is 0 Å². The van der Waals surface area contributed by atoms with E-state index in [0.717, 1.165) is 38.5 Å². The lowest BCUT2D eigenvalue weighted by atomic mass is 10.0. The Hall–Kier alpha value is -2.47. The monoisotopic (exact) mass is 549 g/mol. The number of benzene rings is 2. The summed E-state index contributed by atoms with van der Waals surface area (Å²) in [6, 6.07) is 10.3. The number of hydrogen-bond acceptors (Lipinski definition) is 6. The first-order chi connectivity index (χ1) is 17.6. The molecule has 2 heterocycles. The second-order valence-electron chi connectivity index (χ2n) is 9.75. The van der Waals surface area contributed by atoms with Gasteiger partial charge in [-0.1, -0.05) is 19.8 Å². The summed E-state index contributed by atoms with van der Waals surface area (Å²) in [4.78, 5) is 13.3. The molecule has 1 amide bonds. The highest BCUT2D eigenvalue weighted by Gasteiger charge is 2.30. The first-order valence-electron chi connectivity index (χ1n) is 12.7. The van der Waals surface area contributed by atoms with Crippen molar-refractivity contribution in [3.05, 3.63) is 48.0 Å². The number of sulfonamides is 2. The van der Waals surface area contributed by atoms with Gasteiger partial charge in [0.2, 0.25) is 20.0 Å². The molecule has 2 saturated heterocycles. The zero-order valence-electron chi connectivity index (χ0n) is 21.4. The normalized spacial score (nSPS) is 18.8. The summed E-state index contributed by atoms with van der Waals surface area (Å²) in [5.41, 5.74) is 0.468. The van der Waals surface area contributed by atoms with Crippen molar-refractivity contribution in [3.8, 4) is 5.75 Å². The van der Waals surface area contributed by atoms with Gasteiger partial charge < -0.3 is 10.1 Å². The smallest absolute Gasteiger partial charge is 0.259 e. The van der Waals surface area contributed by atoms with E-state index in [1.54, 1.807) is 0 Å². The van der Waals surface area contributed by atoms with Gasteiger partial charge in [0.1, 0.15) is 5.75 Å². The average Bonchev–Trinajstić information content (AvgIpc) is 3.19. The lowest BCUT2D eigenvalue weighted by molar-refractivity contribution is 0.102. The minimum absolute atomic E-state index is 0.0342. The molecule has 0 saturated carbocycles. The van der Waals surface area contributed by atoms with Crippen LogP contribution in [0.4, 0.5) is 5.69 Å². The van der Waals surface area contributed by atoms with E-state index in [0.29, 0.717) is 37.8 Å². The average molecular weight is 550 g/mol. The predicted molar refractivity (Wildman–Crippen MR) is 142 cm³/mol. The fourth-order valence-corrected chi connectivity index (χ4v) is 7.75. The van der Waals surface area contributed by atoms with Crippen LogP contribution < -0.4 is 10.1 Å². The van der Waals surface area contributed by atoms with E-state index in [2.05, 4.69) is 12.2 Å². The zero-order chi connectivity index (χ0) is 26.6. The van der Waals surface area contributed by atoms with Crippen LogP contribution in [0.25, 0.3) is 0 Å². The van der Waals surface area contributed by atoms with Gasteiger partial charge in [-0.2, -0.15) is 8.61 Å². The van der Waals surface area contributed by atoms with Crippen molar-refractivity contribution in [2.45, 2.75) is 55.2 Å². The summed E-state index contributed by atoms with van der Waals surface area (Å²) in [7, 11) is -5.94. The molecule has 11 heteroatoms. The summed E-state index contributed by atoms with van der Waals surface area (Å²) in [6.45, 7) is 4.02. The van der Waals surface area contributed by atoms with Crippen LogP contribution in [0.5, 0.6) is 5.75 Å². The van der Waals surface area contributed by atoms with E-state index < -0.39 is 26.0 Å². The maximum absolute atomic E-state index is 13.2. The number of carbonyl (C=O) groups excluding carboxylic acids is 1. The Kier molecular flexibility index (Phi) is 8.57. The number of methoxy groups -OCH3 is 1. The lowest BCUT2D eigenvalue weighted by Gasteiger charge is -2.29. The Morgan fingerprint density at radius 1 is 0.811 bits per heavy atom. The lowest BCUT2D eigenvalue weighted by Crippen LogP contribution is -2.37. The van der Waals surface area contributed by atoms with Crippen LogP contribution in [0.2, 0.25) is 0 Å².